The molecule has 0 aromatic heterocycles. The first-order valence-corrected chi connectivity index (χ1v) is 10.5. The van der Waals surface area contributed by atoms with Gasteiger partial charge in [0.1, 0.15) is 17.0 Å². The average Bonchev–Trinajstić information content (AvgIpc) is 2.64. The van der Waals surface area contributed by atoms with E-state index in [1.165, 1.54) is 18.2 Å². The molecule has 3 amide bonds. The van der Waals surface area contributed by atoms with Gasteiger partial charge < -0.3 is 20.5 Å². The van der Waals surface area contributed by atoms with Crippen molar-refractivity contribution in [3.8, 4) is 0 Å². The van der Waals surface area contributed by atoms with Gasteiger partial charge in [0.15, 0.2) is 5.82 Å². The van der Waals surface area contributed by atoms with Gasteiger partial charge in [-0.15, -0.1) is 0 Å². The fourth-order valence-electron chi connectivity index (χ4n) is 2.60. The van der Waals surface area contributed by atoms with Gasteiger partial charge in [-0.05, 0) is 65.8 Å². The number of hydrogen-bond donors (Lipinski definition) is 2. The molecule has 0 saturated heterocycles. The predicted molar refractivity (Wildman–Crippen MR) is 125 cm³/mol. The van der Waals surface area contributed by atoms with Crippen molar-refractivity contribution in [3.63, 3.8) is 0 Å². The molecule has 0 aliphatic carbocycles. The van der Waals surface area contributed by atoms with Crippen LogP contribution in [0.5, 0.6) is 0 Å². The Morgan fingerprint density at radius 2 is 1.44 bits per heavy atom. The summed E-state index contributed by atoms with van der Waals surface area (Å²) >= 11 is 6.01. The van der Waals surface area contributed by atoms with Gasteiger partial charge in [-0.1, -0.05) is 11.6 Å². The minimum Gasteiger partial charge on any atom is -0.443 e. The number of carbonyl (C=O) groups is 3. The molecule has 2 aromatic carbocycles. The molecule has 8 nitrogen and oxygen atoms in total. The van der Waals surface area contributed by atoms with E-state index < -0.39 is 52.3 Å². The normalized spacial score (nSPS) is 11.6. The highest BCUT2D eigenvalue weighted by atomic mass is 35.5. The quantitative estimate of drug-likeness (QED) is 0.493. The molecular weight excluding hydrogens is 472 g/mol. The standard InChI is InChI=1S/C23H26ClF2N3O5/c1-22(2,3)33-20(31)29(21(32)34-23(4,5)6)18-11-17(15(25)10-16(18)26)28-19(30)13-9-12(27)7-8-14(13)24/h7-11H,27H2,1-6H3,(H,28,30). The topological polar surface area (TPSA) is 111 Å². The second kappa shape index (κ2) is 9.84. The van der Waals surface area contributed by atoms with E-state index in [0.717, 1.165) is 6.07 Å². The van der Waals surface area contributed by atoms with Crippen LogP contribution in [0.1, 0.15) is 51.9 Å². The average molecular weight is 498 g/mol. The van der Waals surface area contributed by atoms with Crippen LogP contribution >= 0.6 is 11.6 Å². The van der Waals surface area contributed by atoms with Gasteiger partial charge in [0.2, 0.25) is 0 Å². The summed E-state index contributed by atoms with van der Waals surface area (Å²) in [7, 11) is 0. The van der Waals surface area contributed by atoms with E-state index in [9.17, 15) is 23.2 Å². The van der Waals surface area contributed by atoms with Crippen LogP contribution in [0, 0.1) is 11.6 Å². The molecule has 0 atom stereocenters. The second-order valence-corrected chi connectivity index (χ2v) is 9.68. The Labute approximate surface area is 200 Å². The first kappa shape index (κ1) is 26.8. The van der Waals surface area contributed by atoms with Gasteiger partial charge in [0.25, 0.3) is 5.91 Å². The van der Waals surface area contributed by atoms with Gasteiger partial charge >= 0.3 is 12.2 Å². The third-order valence-electron chi connectivity index (χ3n) is 3.91. The molecule has 0 radical (unpaired) electrons. The van der Waals surface area contributed by atoms with Crippen LogP contribution in [0.15, 0.2) is 30.3 Å². The first-order chi connectivity index (χ1) is 15.5. The summed E-state index contributed by atoms with van der Waals surface area (Å²) in [5.41, 5.74) is 2.51. The Kier molecular flexibility index (Phi) is 7.77. The van der Waals surface area contributed by atoms with E-state index in [0.29, 0.717) is 6.07 Å². The molecular formula is C23H26ClF2N3O5. The smallest absolute Gasteiger partial charge is 0.424 e. The SMILES string of the molecule is CC(C)(C)OC(=O)N(C(=O)OC(C)(C)C)c1cc(NC(=O)c2cc(N)ccc2Cl)c(F)cc1F. The number of nitrogens with two attached hydrogens (primary N) is 1. The van der Waals surface area contributed by atoms with Crippen molar-refractivity contribution in [1.29, 1.82) is 0 Å². The molecule has 0 bridgehead atoms. The van der Waals surface area contributed by atoms with Gasteiger partial charge in [0.05, 0.1) is 22.0 Å². The number of halogens is 3. The van der Waals surface area contributed by atoms with Crippen molar-refractivity contribution in [1.82, 2.24) is 0 Å². The minimum atomic E-state index is -1.27. The zero-order valence-corrected chi connectivity index (χ0v) is 20.3. The van der Waals surface area contributed by atoms with Crippen molar-refractivity contribution >= 4 is 46.8 Å². The number of nitrogens with zero attached hydrogens (tertiary/aromatic N) is 1. The van der Waals surface area contributed by atoms with Crippen LogP contribution in [0.4, 0.5) is 35.4 Å². The third kappa shape index (κ3) is 7.05. The number of amides is 3. The summed E-state index contributed by atoms with van der Waals surface area (Å²) < 4.78 is 39.7. The maximum absolute atomic E-state index is 14.8. The molecule has 2 aromatic rings. The molecule has 0 aliphatic rings. The van der Waals surface area contributed by atoms with E-state index in [1.54, 1.807) is 41.5 Å². The van der Waals surface area contributed by atoms with Gasteiger partial charge in [-0.25, -0.2) is 18.4 Å². The van der Waals surface area contributed by atoms with Crippen LogP contribution in [0.2, 0.25) is 5.02 Å². The Balaban J connectivity index is 2.53. The van der Waals surface area contributed by atoms with Crippen LogP contribution in [-0.2, 0) is 9.47 Å². The van der Waals surface area contributed by atoms with E-state index in [1.807, 2.05) is 0 Å². The lowest BCUT2D eigenvalue weighted by Gasteiger charge is -2.29. The summed E-state index contributed by atoms with van der Waals surface area (Å²) in [5, 5.41) is 2.28. The highest BCUT2D eigenvalue weighted by Crippen LogP contribution is 2.30. The van der Waals surface area contributed by atoms with Crippen molar-refractivity contribution in [2.75, 3.05) is 16.0 Å². The zero-order chi connectivity index (χ0) is 26.0. The number of hydrogen-bond acceptors (Lipinski definition) is 6. The molecule has 2 rings (SSSR count). The Morgan fingerprint density at radius 3 is 1.94 bits per heavy atom. The molecule has 0 heterocycles. The van der Waals surface area contributed by atoms with E-state index in [4.69, 9.17) is 26.8 Å². The predicted octanol–water partition coefficient (Wildman–Crippen LogP) is 6.13. The lowest BCUT2D eigenvalue weighted by atomic mass is 10.1. The molecule has 184 valence electrons. The Hall–Kier alpha value is -3.40. The number of carbonyl (C=O) groups excluding carboxylic acids is 3. The van der Waals surface area contributed by atoms with Crippen LogP contribution in [-0.4, -0.2) is 29.3 Å². The molecule has 3 N–H and O–H groups in total. The number of benzene rings is 2. The molecule has 0 saturated carbocycles. The number of anilines is 3. The van der Waals surface area contributed by atoms with Crippen LogP contribution in [0.25, 0.3) is 0 Å². The highest BCUT2D eigenvalue weighted by Gasteiger charge is 2.35. The lowest BCUT2D eigenvalue weighted by molar-refractivity contribution is 0.0428. The number of rotatable bonds is 3. The van der Waals surface area contributed by atoms with Crippen molar-refractivity contribution in [3.05, 3.63) is 52.6 Å². The summed E-state index contributed by atoms with van der Waals surface area (Å²) in [6, 6.07) is 5.30. The number of imide groups is 1. The zero-order valence-electron chi connectivity index (χ0n) is 19.6. The molecule has 0 aliphatic heterocycles. The molecule has 0 unspecified atom stereocenters. The Bertz CT molecular complexity index is 1100. The van der Waals surface area contributed by atoms with Gasteiger partial charge in [0, 0.05) is 11.8 Å². The molecule has 0 fully saturated rings. The maximum Gasteiger partial charge on any atom is 0.424 e. The largest absolute Gasteiger partial charge is 0.443 e. The van der Waals surface area contributed by atoms with Gasteiger partial charge in [-0.3, -0.25) is 4.79 Å². The maximum atomic E-state index is 14.8. The summed E-state index contributed by atoms with van der Waals surface area (Å²) in [5.74, 6) is -3.29. The number of nitrogens with one attached hydrogen (secondary N) is 1. The number of ether oxygens (including phenoxy) is 2. The van der Waals surface area contributed by atoms with Crippen LogP contribution < -0.4 is 16.0 Å². The summed E-state index contributed by atoms with van der Waals surface area (Å²) in [4.78, 5) is 38.5. The van der Waals surface area contributed by atoms with Crippen molar-refractivity contribution < 1.29 is 32.6 Å². The van der Waals surface area contributed by atoms with E-state index >= 15 is 0 Å². The minimum absolute atomic E-state index is 0.0404. The number of nitrogen functional groups attached to an aromatic ring is 1. The summed E-state index contributed by atoms with van der Waals surface area (Å²) in [6.07, 6.45) is -2.52. The fourth-order valence-corrected chi connectivity index (χ4v) is 2.80. The molecule has 0 spiro atoms. The third-order valence-corrected chi connectivity index (χ3v) is 4.24. The van der Waals surface area contributed by atoms with Gasteiger partial charge in [-0.2, -0.15) is 4.90 Å². The van der Waals surface area contributed by atoms with Crippen molar-refractivity contribution in [2.45, 2.75) is 52.7 Å². The Morgan fingerprint density at radius 1 is 0.912 bits per heavy atom. The van der Waals surface area contributed by atoms with E-state index in [2.05, 4.69) is 5.32 Å². The summed E-state index contributed by atoms with van der Waals surface area (Å²) in [6.45, 7) is 9.25. The van der Waals surface area contributed by atoms with Crippen LogP contribution in [0.3, 0.4) is 0 Å². The lowest BCUT2D eigenvalue weighted by Crippen LogP contribution is -2.44. The van der Waals surface area contributed by atoms with E-state index in [-0.39, 0.29) is 21.2 Å². The molecule has 34 heavy (non-hydrogen) atoms. The first-order valence-electron chi connectivity index (χ1n) is 10.1. The second-order valence-electron chi connectivity index (χ2n) is 9.27. The highest BCUT2D eigenvalue weighted by molar-refractivity contribution is 6.34. The fraction of sp³-hybridized carbons (Fsp3) is 0.348. The monoisotopic (exact) mass is 497 g/mol. The van der Waals surface area contributed by atoms with Crippen molar-refractivity contribution in [2.24, 2.45) is 0 Å². The molecule has 11 heteroatoms.